The molecule has 1 aromatic rings. The first-order chi connectivity index (χ1) is 11.0. The maximum absolute atomic E-state index is 13.0. The number of hydrogen-bond donors (Lipinski definition) is 2. The fraction of sp³-hybridized carbons (Fsp3) is 0.733. The first-order valence-corrected chi connectivity index (χ1v) is 8.03. The van der Waals surface area contributed by atoms with Crippen molar-refractivity contribution in [1.82, 2.24) is 9.97 Å². The van der Waals surface area contributed by atoms with Crippen LogP contribution in [0, 0.1) is 0 Å². The Bertz CT molecular complexity index is 492. The number of alkyl halides is 3. The number of unbranched alkanes of at least 4 members (excludes halogenated alkanes) is 4. The molecular weight excluding hydrogens is 309 g/mol. The number of aromatic nitrogens is 2. The summed E-state index contributed by atoms with van der Waals surface area (Å²) in [7, 11) is 0. The van der Waals surface area contributed by atoms with Crippen molar-refractivity contribution in [2.45, 2.75) is 51.2 Å². The third-order valence-electron chi connectivity index (χ3n) is 3.64. The average molecular weight is 332 g/mol. The molecule has 0 saturated carbocycles. The highest BCUT2D eigenvalue weighted by atomic mass is 19.4. The van der Waals surface area contributed by atoms with Crippen molar-refractivity contribution in [3.05, 3.63) is 11.8 Å². The number of nitrogens with one attached hydrogen (secondary N) is 2. The average Bonchev–Trinajstić information content (AvgIpc) is 2.45. The predicted octanol–water partition coefficient (Wildman–Crippen LogP) is 3.69. The topological polar surface area (TPSA) is 59.1 Å². The molecular formula is C15H23F3N4O. The number of hydrogen-bond acceptors (Lipinski definition) is 5. The molecule has 0 bridgehead atoms. The van der Waals surface area contributed by atoms with Crippen molar-refractivity contribution in [3.63, 3.8) is 0 Å². The molecule has 0 atom stereocenters. The zero-order valence-electron chi connectivity index (χ0n) is 13.2. The Morgan fingerprint density at radius 2 is 1.96 bits per heavy atom. The first kappa shape index (κ1) is 17.8. The Labute approximate surface area is 134 Å². The highest BCUT2D eigenvalue weighted by Gasteiger charge is 2.36. The third-order valence-corrected chi connectivity index (χ3v) is 3.64. The predicted molar refractivity (Wildman–Crippen MR) is 82.5 cm³/mol. The van der Waals surface area contributed by atoms with E-state index in [-0.39, 0.29) is 17.8 Å². The SMILES string of the molecule is CCCCCCCNc1ncc(C(F)(F)F)c(NC2COC2)n1. The molecule has 2 N–H and O–H groups in total. The Hall–Kier alpha value is -1.57. The molecule has 5 nitrogen and oxygen atoms in total. The normalized spacial score (nSPS) is 15.3. The molecule has 2 heterocycles. The van der Waals surface area contributed by atoms with Crippen molar-refractivity contribution in [2.75, 3.05) is 30.4 Å². The van der Waals surface area contributed by atoms with E-state index >= 15 is 0 Å². The Morgan fingerprint density at radius 3 is 2.57 bits per heavy atom. The summed E-state index contributed by atoms with van der Waals surface area (Å²) in [6.45, 7) is 3.58. The number of anilines is 2. The van der Waals surface area contributed by atoms with E-state index in [0.717, 1.165) is 19.0 Å². The molecule has 0 spiro atoms. The number of rotatable bonds is 9. The van der Waals surface area contributed by atoms with Gasteiger partial charge in [-0.05, 0) is 6.42 Å². The molecule has 23 heavy (non-hydrogen) atoms. The molecule has 0 radical (unpaired) electrons. The fourth-order valence-electron chi connectivity index (χ4n) is 2.23. The van der Waals surface area contributed by atoms with Crippen LogP contribution in [0.5, 0.6) is 0 Å². The van der Waals surface area contributed by atoms with Gasteiger partial charge < -0.3 is 15.4 Å². The van der Waals surface area contributed by atoms with Gasteiger partial charge in [0.05, 0.1) is 19.3 Å². The standard InChI is InChI=1S/C15H23F3N4O/c1-2-3-4-5-6-7-19-14-20-8-12(15(16,17)18)13(22-14)21-11-9-23-10-11/h8,11H,2-7,9-10H2,1H3,(H2,19,20,21,22). The second kappa shape index (κ2) is 8.33. The smallest absolute Gasteiger partial charge is 0.377 e. The summed E-state index contributed by atoms with van der Waals surface area (Å²) >= 11 is 0. The van der Waals surface area contributed by atoms with E-state index in [0.29, 0.717) is 19.8 Å². The summed E-state index contributed by atoms with van der Waals surface area (Å²) in [6.07, 6.45) is 1.93. The summed E-state index contributed by atoms with van der Waals surface area (Å²) in [5.74, 6) is 0.0329. The van der Waals surface area contributed by atoms with Crippen LogP contribution in [-0.2, 0) is 10.9 Å². The zero-order valence-corrected chi connectivity index (χ0v) is 13.2. The molecule has 1 aliphatic rings. The minimum absolute atomic E-state index is 0.132. The van der Waals surface area contributed by atoms with E-state index in [1.807, 2.05) is 0 Å². The van der Waals surface area contributed by atoms with Crippen molar-refractivity contribution in [3.8, 4) is 0 Å². The summed E-state index contributed by atoms with van der Waals surface area (Å²) in [4.78, 5) is 7.76. The lowest BCUT2D eigenvalue weighted by atomic mass is 10.1. The van der Waals surface area contributed by atoms with Gasteiger partial charge in [-0.1, -0.05) is 32.6 Å². The van der Waals surface area contributed by atoms with Crippen LogP contribution in [0.15, 0.2) is 6.20 Å². The Morgan fingerprint density at radius 1 is 1.22 bits per heavy atom. The molecule has 2 rings (SSSR count). The van der Waals surface area contributed by atoms with E-state index in [9.17, 15) is 13.2 Å². The van der Waals surface area contributed by atoms with Gasteiger partial charge in [0.2, 0.25) is 5.95 Å². The molecule has 8 heteroatoms. The van der Waals surface area contributed by atoms with Crippen LogP contribution in [0.2, 0.25) is 0 Å². The molecule has 1 aromatic heterocycles. The summed E-state index contributed by atoms with van der Waals surface area (Å²) in [6, 6.07) is -0.132. The number of halogens is 3. The second-order valence-electron chi connectivity index (χ2n) is 5.67. The van der Waals surface area contributed by atoms with E-state index in [1.165, 1.54) is 19.3 Å². The molecule has 0 unspecified atom stereocenters. The van der Waals surface area contributed by atoms with E-state index in [4.69, 9.17) is 4.74 Å². The monoisotopic (exact) mass is 332 g/mol. The van der Waals surface area contributed by atoms with Gasteiger partial charge in [0, 0.05) is 12.7 Å². The lowest BCUT2D eigenvalue weighted by molar-refractivity contribution is -0.137. The van der Waals surface area contributed by atoms with E-state index in [2.05, 4.69) is 27.5 Å². The molecule has 130 valence electrons. The van der Waals surface area contributed by atoms with Crippen LogP contribution in [0.4, 0.5) is 24.9 Å². The van der Waals surface area contributed by atoms with Crippen molar-refractivity contribution in [1.29, 1.82) is 0 Å². The van der Waals surface area contributed by atoms with Gasteiger partial charge in [0.25, 0.3) is 0 Å². The highest BCUT2D eigenvalue weighted by molar-refractivity contribution is 5.49. The quantitative estimate of drug-likeness (QED) is 0.676. The largest absolute Gasteiger partial charge is 0.421 e. The van der Waals surface area contributed by atoms with Gasteiger partial charge in [-0.25, -0.2) is 4.98 Å². The second-order valence-corrected chi connectivity index (χ2v) is 5.67. The van der Waals surface area contributed by atoms with Crippen LogP contribution in [-0.4, -0.2) is 35.8 Å². The van der Waals surface area contributed by atoms with Crippen LogP contribution in [0.3, 0.4) is 0 Å². The van der Waals surface area contributed by atoms with E-state index < -0.39 is 11.7 Å². The maximum atomic E-state index is 13.0. The zero-order chi connectivity index (χ0) is 16.7. The molecule has 0 aliphatic carbocycles. The minimum atomic E-state index is -4.48. The van der Waals surface area contributed by atoms with Gasteiger partial charge in [0.1, 0.15) is 11.4 Å². The summed E-state index contributed by atoms with van der Waals surface area (Å²) < 4.78 is 44.0. The minimum Gasteiger partial charge on any atom is -0.377 e. The van der Waals surface area contributed by atoms with Gasteiger partial charge in [-0.2, -0.15) is 18.2 Å². The van der Waals surface area contributed by atoms with Gasteiger partial charge >= 0.3 is 6.18 Å². The van der Waals surface area contributed by atoms with Gasteiger partial charge in [-0.15, -0.1) is 0 Å². The molecule has 0 aromatic carbocycles. The molecule has 1 aliphatic heterocycles. The van der Waals surface area contributed by atoms with E-state index in [1.54, 1.807) is 0 Å². The summed E-state index contributed by atoms with van der Waals surface area (Å²) in [5, 5.41) is 5.77. The fourth-order valence-corrected chi connectivity index (χ4v) is 2.23. The van der Waals surface area contributed by atoms with Crippen LogP contribution >= 0.6 is 0 Å². The number of nitrogens with zero attached hydrogens (tertiary/aromatic N) is 2. The van der Waals surface area contributed by atoms with Crippen molar-refractivity contribution in [2.24, 2.45) is 0 Å². The Kier molecular flexibility index (Phi) is 6.44. The first-order valence-electron chi connectivity index (χ1n) is 8.03. The van der Waals surface area contributed by atoms with Crippen LogP contribution in [0.1, 0.15) is 44.6 Å². The molecule has 1 saturated heterocycles. The van der Waals surface area contributed by atoms with Gasteiger partial charge in [-0.3, -0.25) is 0 Å². The molecule has 0 amide bonds. The van der Waals surface area contributed by atoms with Crippen LogP contribution < -0.4 is 10.6 Å². The lowest BCUT2D eigenvalue weighted by Gasteiger charge is -2.28. The highest BCUT2D eigenvalue weighted by Crippen LogP contribution is 2.34. The Balaban J connectivity index is 1.93. The molecule has 1 fully saturated rings. The van der Waals surface area contributed by atoms with Gasteiger partial charge in [0.15, 0.2) is 0 Å². The van der Waals surface area contributed by atoms with Crippen molar-refractivity contribution >= 4 is 11.8 Å². The maximum Gasteiger partial charge on any atom is 0.421 e. The van der Waals surface area contributed by atoms with Crippen LogP contribution in [0.25, 0.3) is 0 Å². The summed E-state index contributed by atoms with van der Waals surface area (Å²) in [5.41, 5.74) is -0.849. The third kappa shape index (κ3) is 5.53. The number of ether oxygens (including phenoxy) is 1. The van der Waals surface area contributed by atoms with Crippen molar-refractivity contribution < 1.29 is 17.9 Å². The lowest BCUT2D eigenvalue weighted by Crippen LogP contribution is -2.41.